The number of amides is 1. The summed E-state index contributed by atoms with van der Waals surface area (Å²) in [5, 5.41) is 3.59. The molecule has 4 aromatic carbocycles. The highest BCUT2D eigenvalue weighted by molar-refractivity contribution is 6.33. The number of hydrogen-bond acceptors (Lipinski definition) is 7. The molecule has 5 rings (SSSR count). The topological polar surface area (TPSA) is 94.2 Å². The van der Waals surface area contributed by atoms with E-state index in [4.69, 9.17) is 25.8 Å². The molecule has 0 unspecified atom stereocenters. The summed E-state index contributed by atoms with van der Waals surface area (Å²) in [5.74, 6) is -0.570. The van der Waals surface area contributed by atoms with Crippen LogP contribution < -0.4 is 19.7 Å². The molecule has 1 heterocycles. The van der Waals surface area contributed by atoms with E-state index in [-0.39, 0.29) is 28.8 Å². The summed E-state index contributed by atoms with van der Waals surface area (Å²) in [7, 11) is 3.21. The first-order valence-electron chi connectivity index (χ1n) is 13.6. The highest BCUT2D eigenvalue weighted by Gasteiger charge is 2.39. The SMILES string of the molecule is COc1cc(OC(=O)c2ccccc2Cl)ccc1-c1ccc2c(c1COC(=O)c1ccc(C)cc1)N(C)C(=O)C(C)(C)N2. The molecule has 1 aliphatic rings. The summed E-state index contributed by atoms with van der Waals surface area (Å²) in [6, 6.07) is 22.5. The van der Waals surface area contributed by atoms with E-state index in [1.807, 2.05) is 45.0 Å². The van der Waals surface area contributed by atoms with Crippen molar-refractivity contribution in [3.05, 3.63) is 106 Å². The molecule has 0 bridgehead atoms. The molecule has 0 saturated heterocycles. The Kier molecular flexibility index (Phi) is 8.15. The van der Waals surface area contributed by atoms with Crippen LogP contribution in [0.1, 0.15) is 45.7 Å². The highest BCUT2D eigenvalue weighted by Crippen LogP contribution is 2.45. The van der Waals surface area contributed by atoms with Crippen LogP contribution in [0.15, 0.2) is 78.9 Å². The molecule has 0 aromatic heterocycles. The van der Waals surface area contributed by atoms with Crippen LogP contribution >= 0.6 is 11.6 Å². The number of nitrogens with zero attached hydrogens (tertiary/aromatic N) is 1. The average Bonchev–Trinajstić information content (AvgIpc) is 2.99. The number of carbonyl (C=O) groups is 3. The minimum absolute atomic E-state index is 0.114. The van der Waals surface area contributed by atoms with Gasteiger partial charge in [0.25, 0.3) is 5.91 Å². The maximum Gasteiger partial charge on any atom is 0.345 e. The Morgan fingerprint density at radius 3 is 2.33 bits per heavy atom. The van der Waals surface area contributed by atoms with Crippen molar-refractivity contribution in [3.63, 3.8) is 0 Å². The normalized spacial score (nSPS) is 13.5. The molecule has 4 aromatic rings. The molecule has 0 atom stereocenters. The number of esters is 2. The van der Waals surface area contributed by atoms with Crippen molar-refractivity contribution in [2.45, 2.75) is 32.9 Å². The van der Waals surface area contributed by atoms with Crippen LogP contribution in [0.25, 0.3) is 11.1 Å². The molecule has 0 spiro atoms. The number of methoxy groups -OCH3 is 1. The number of anilines is 2. The van der Waals surface area contributed by atoms with E-state index in [1.54, 1.807) is 66.5 Å². The van der Waals surface area contributed by atoms with Gasteiger partial charge in [-0.3, -0.25) is 4.79 Å². The first-order valence-corrected chi connectivity index (χ1v) is 14.0. The first-order chi connectivity index (χ1) is 20.5. The smallest absolute Gasteiger partial charge is 0.345 e. The van der Waals surface area contributed by atoms with Crippen LogP contribution in [0.2, 0.25) is 5.02 Å². The number of halogens is 1. The minimum atomic E-state index is -0.829. The summed E-state index contributed by atoms with van der Waals surface area (Å²) in [5.41, 5.74) is 4.10. The number of hydrogen-bond donors (Lipinski definition) is 1. The Balaban J connectivity index is 1.55. The zero-order valence-electron chi connectivity index (χ0n) is 24.5. The fourth-order valence-corrected chi connectivity index (χ4v) is 5.30. The monoisotopic (exact) mass is 598 g/mol. The first kappa shape index (κ1) is 29.7. The van der Waals surface area contributed by atoms with E-state index < -0.39 is 17.5 Å². The number of nitrogens with one attached hydrogen (secondary N) is 1. The molecule has 0 aliphatic carbocycles. The van der Waals surface area contributed by atoms with Gasteiger partial charge in [-0.2, -0.15) is 0 Å². The maximum absolute atomic E-state index is 13.3. The molecule has 1 aliphatic heterocycles. The number of rotatable bonds is 7. The van der Waals surface area contributed by atoms with Crippen molar-refractivity contribution in [2.75, 3.05) is 24.4 Å². The Labute approximate surface area is 255 Å². The summed E-state index contributed by atoms with van der Waals surface area (Å²) in [6.07, 6.45) is 0. The van der Waals surface area contributed by atoms with Crippen molar-refractivity contribution in [2.24, 2.45) is 0 Å². The molecular formula is C34H31ClN2O6. The number of benzene rings is 4. The molecule has 8 nitrogen and oxygen atoms in total. The van der Waals surface area contributed by atoms with Gasteiger partial charge < -0.3 is 24.4 Å². The number of fused-ring (bicyclic) bond motifs is 1. The number of ether oxygens (including phenoxy) is 3. The molecular weight excluding hydrogens is 568 g/mol. The Morgan fingerprint density at radius 1 is 0.930 bits per heavy atom. The lowest BCUT2D eigenvalue weighted by molar-refractivity contribution is -0.121. The quantitative estimate of drug-likeness (QED) is 0.180. The van der Waals surface area contributed by atoms with Gasteiger partial charge in [-0.05, 0) is 68.8 Å². The van der Waals surface area contributed by atoms with Gasteiger partial charge in [0.2, 0.25) is 0 Å². The summed E-state index contributed by atoms with van der Waals surface area (Å²) in [4.78, 5) is 40.6. The van der Waals surface area contributed by atoms with E-state index >= 15 is 0 Å². The van der Waals surface area contributed by atoms with Gasteiger partial charge in [0.15, 0.2) is 0 Å². The second-order valence-electron chi connectivity index (χ2n) is 10.8. The van der Waals surface area contributed by atoms with Crippen molar-refractivity contribution >= 4 is 40.8 Å². The fraction of sp³-hybridized carbons (Fsp3) is 0.206. The molecule has 0 saturated carbocycles. The Morgan fingerprint density at radius 2 is 1.63 bits per heavy atom. The second kappa shape index (κ2) is 11.8. The van der Waals surface area contributed by atoms with Gasteiger partial charge in [-0.15, -0.1) is 0 Å². The average molecular weight is 599 g/mol. The maximum atomic E-state index is 13.3. The predicted molar refractivity (Wildman–Crippen MR) is 166 cm³/mol. The number of aryl methyl sites for hydroxylation is 1. The molecule has 1 amide bonds. The largest absolute Gasteiger partial charge is 0.496 e. The van der Waals surface area contributed by atoms with Gasteiger partial charge in [0.1, 0.15) is 23.6 Å². The van der Waals surface area contributed by atoms with Gasteiger partial charge in [0, 0.05) is 24.2 Å². The molecule has 0 radical (unpaired) electrons. The molecule has 1 N–H and O–H groups in total. The van der Waals surface area contributed by atoms with Gasteiger partial charge in [-0.25, -0.2) is 9.59 Å². The third-order valence-electron chi connectivity index (χ3n) is 7.31. The lowest BCUT2D eigenvalue weighted by atomic mass is 9.91. The minimum Gasteiger partial charge on any atom is -0.496 e. The molecule has 0 fully saturated rings. The molecule has 220 valence electrons. The Bertz CT molecular complexity index is 1730. The third-order valence-corrected chi connectivity index (χ3v) is 7.64. The summed E-state index contributed by atoms with van der Waals surface area (Å²) in [6.45, 7) is 5.45. The molecule has 9 heteroatoms. The van der Waals surface area contributed by atoms with Crippen LogP contribution in [0.5, 0.6) is 11.5 Å². The highest BCUT2D eigenvalue weighted by atomic mass is 35.5. The summed E-state index contributed by atoms with van der Waals surface area (Å²) >= 11 is 6.17. The van der Waals surface area contributed by atoms with Crippen LogP contribution in [0.3, 0.4) is 0 Å². The van der Waals surface area contributed by atoms with Gasteiger partial charge in [-0.1, -0.05) is 47.5 Å². The van der Waals surface area contributed by atoms with Crippen molar-refractivity contribution in [3.8, 4) is 22.6 Å². The van der Waals surface area contributed by atoms with Crippen molar-refractivity contribution in [1.29, 1.82) is 0 Å². The van der Waals surface area contributed by atoms with Gasteiger partial charge in [0.05, 0.1) is 34.6 Å². The third kappa shape index (κ3) is 5.92. The van der Waals surface area contributed by atoms with Crippen LogP contribution in [0.4, 0.5) is 11.4 Å². The number of carbonyl (C=O) groups excluding carboxylic acids is 3. The van der Waals surface area contributed by atoms with Crippen LogP contribution in [-0.2, 0) is 16.1 Å². The van der Waals surface area contributed by atoms with E-state index in [0.29, 0.717) is 33.7 Å². The van der Waals surface area contributed by atoms with Crippen LogP contribution in [0, 0.1) is 6.92 Å². The second-order valence-corrected chi connectivity index (χ2v) is 11.2. The standard InChI is InChI=1S/C34H31ClN2O6/c1-20-10-12-21(13-11-20)31(38)42-19-26-23(16-17-28-30(26)37(4)33(40)34(2,3)36-28)24-15-14-22(18-29(24)41-5)43-32(39)25-8-6-7-9-27(25)35/h6-18,36H,19H2,1-5H3. The van der Waals surface area contributed by atoms with E-state index in [0.717, 1.165) is 11.3 Å². The van der Waals surface area contributed by atoms with Crippen molar-refractivity contribution in [1.82, 2.24) is 0 Å². The lowest BCUT2D eigenvalue weighted by Crippen LogP contribution is -2.52. The zero-order valence-corrected chi connectivity index (χ0v) is 25.2. The fourth-order valence-electron chi connectivity index (χ4n) is 5.09. The van der Waals surface area contributed by atoms with E-state index in [9.17, 15) is 14.4 Å². The van der Waals surface area contributed by atoms with E-state index in [1.165, 1.54) is 7.11 Å². The predicted octanol–water partition coefficient (Wildman–Crippen LogP) is 7.07. The van der Waals surface area contributed by atoms with Crippen LogP contribution in [-0.4, -0.2) is 37.5 Å². The Hall–Kier alpha value is -4.82. The van der Waals surface area contributed by atoms with E-state index in [2.05, 4.69) is 5.32 Å². The molecule has 43 heavy (non-hydrogen) atoms. The zero-order chi connectivity index (χ0) is 30.9. The lowest BCUT2D eigenvalue weighted by Gasteiger charge is -2.39. The van der Waals surface area contributed by atoms with Gasteiger partial charge >= 0.3 is 11.9 Å². The number of likely N-dealkylation sites (N-methyl/N-ethyl adjacent to an activating group) is 1. The summed E-state index contributed by atoms with van der Waals surface area (Å²) < 4.78 is 17.1. The van der Waals surface area contributed by atoms with Crippen molar-refractivity contribution < 1.29 is 28.6 Å².